The number of thioether (sulfide) groups is 1. The van der Waals surface area contributed by atoms with Crippen LogP contribution in [-0.2, 0) is 11.8 Å². The summed E-state index contributed by atoms with van der Waals surface area (Å²) >= 11 is 1.43. The Morgan fingerprint density at radius 3 is 2.70 bits per heavy atom. The predicted molar refractivity (Wildman–Crippen MR) is 78.4 cm³/mol. The molecule has 0 saturated heterocycles. The summed E-state index contributed by atoms with van der Waals surface area (Å²) in [4.78, 5) is 14.7. The topological polar surface area (TPSA) is 63.9 Å². The molecule has 112 valence electrons. The minimum atomic E-state index is -0.151. The lowest BCUT2D eigenvalue weighted by Gasteiger charge is -2.35. The van der Waals surface area contributed by atoms with Crippen LogP contribution in [0.15, 0.2) is 5.16 Å². The molecule has 0 radical (unpaired) electrons. The molecule has 1 atom stereocenters. The van der Waals surface area contributed by atoms with Gasteiger partial charge in [0.25, 0.3) is 0 Å². The third-order valence-electron chi connectivity index (χ3n) is 3.85. The SMILES string of the molecule is CCN(C(=O)[C@H](C)Sc1nnnn1C)C1CCCCC1. The van der Waals surface area contributed by atoms with Crippen LogP contribution >= 0.6 is 11.8 Å². The first kappa shape index (κ1) is 15.3. The van der Waals surface area contributed by atoms with Crippen molar-refractivity contribution >= 4 is 17.7 Å². The molecule has 6 nitrogen and oxygen atoms in total. The molecule has 1 aliphatic rings. The van der Waals surface area contributed by atoms with Gasteiger partial charge < -0.3 is 4.90 Å². The van der Waals surface area contributed by atoms with Gasteiger partial charge in [0, 0.05) is 19.6 Å². The second-order valence-corrected chi connectivity index (χ2v) is 6.57. The number of nitrogens with zero attached hydrogens (tertiary/aromatic N) is 5. The second-order valence-electron chi connectivity index (χ2n) is 5.26. The molecule has 1 fully saturated rings. The van der Waals surface area contributed by atoms with Crippen molar-refractivity contribution < 1.29 is 4.79 Å². The number of hydrogen-bond acceptors (Lipinski definition) is 5. The van der Waals surface area contributed by atoms with Crippen molar-refractivity contribution in [3.8, 4) is 0 Å². The number of aryl methyl sites for hydroxylation is 1. The van der Waals surface area contributed by atoms with Gasteiger partial charge in [0.2, 0.25) is 11.1 Å². The number of tetrazole rings is 1. The van der Waals surface area contributed by atoms with Gasteiger partial charge in [-0.25, -0.2) is 4.68 Å². The fourth-order valence-electron chi connectivity index (χ4n) is 2.75. The van der Waals surface area contributed by atoms with Crippen LogP contribution in [0.4, 0.5) is 0 Å². The molecule has 1 saturated carbocycles. The first-order chi connectivity index (χ1) is 9.63. The van der Waals surface area contributed by atoms with Crippen LogP contribution in [0.3, 0.4) is 0 Å². The maximum absolute atomic E-state index is 12.6. The van der Waals surface area contributed by atoms with Gasteiger partial charge in [-0.05, 0) is 37.1 Å². The lowest BCUT2D eigenvalue weighted by molar-refractivity contribution is -0.133. The van der Waals surface area contributed by atoms with Crippen molar-refractivity contribution in [3.05, 3.63) is 0 Å². The average molecular weight is 297 g/mol. The standard InChI is InChI=1S/C13H23N5OS/c1-4-18(11-8-6-5-7-9-11)12(19)10(2)20-13-14-15-16-17(13)3/h10-11H,4-9H2,1-3H3/t10-/m0/s1. The maximum atomic E-state index is 12.6. The van der Waals surface area contributed by atoms with Crippen molar-refractivity contribution in [2.75, 3.05) is 6.54 Å². The Morgan fingerprint density at radius 2 is 2.15 bits per heavy atom. The van der Waals surface area contributed by atoms with Crippen molar-refractivity contribution in [2.24, 2.45) is 7.05 Å². The Kier molecular flexibility index (Phi) is 5.39. The van der Waals surface area contributed by atoms with Crippen molar-refractivity contribution in [1.82, 2.24) is 25.1 Å². The van der Waals surface area contributed by atoms with Crippen molar-refractivity contribution in [1.29, 1.82) is 0 Å². The number of aromatic nitrogens is 4. The molecule has 2 rings (SSSR count). The molecule has 7 heteroatoms. The number of rotatable bonds is 5. The molecule has 1 aromatic heterocycles. The molecule has 0 aromatic carbocycles. The quantitative estimate of drug-likeness (QED) is 0.776. The van der Waals surface area contributed by atoms with Crippen LogP contribution in [0.1, 0.15) is 46.0 Å². The van der Waals surface area contributed by atoms with E-state index in [1.54, 1.807) is 11.7 Å². The van der Waals surface area contributed by atoms with Crippen LogP contribution in [0, 0.1) is 0 Å². The van der Waals surface area contributed by atoms with E-state index in [4.69, 9.17) is 0 Å². The summed E-state index contributed by atoms with van der Waals surface area (Å²) < 4.78 is 1.60. The molecule has 1 aliphatic carbocycles. The fraction of sp³-hybridized carbons (Fsp3) is 0.846. The van der Waals surface area contributed by atoms with Crippen LogP contribution in [0.2, 0.25) is 0 Å². The molecular weight excluding hydrogens is 274 g/mol. The van der Waals surface area contributed by atoms with E-state index in [0.717, 1.165) is 19.4 Å². The van der Waals surface area contributed by atoms with E-state index in [0.29, 0.717) is 11.2 Å². The smallest absolute Gasteiger partial charge is 0.236 e. The van der Waals surface area contributed by atoms with E-state index in [9.17, 15) is 4.79 Å². The summed E-state index contributed by atoms with van der Waals surface area (Å²) in [7, 11) is 1.79. The minimum Gasteiger partial charge on any atom is -0.339 e. The van der Waals surface area contributed by atoms with E-state index in [-0.39, 0.29) is 11.2 Å². The molecule has 20 heavy (non-hydrogen) atoms. The highest BCUT2D eigenvalue weighted by molar-refractivity contribution is 8.00. The highest BCUT2D eigenvalue weighted by atomic mass is 32.2. The summed E-state index contributed by atoms with van der Waals surface area (Å²) in [6.07, 6.45) is 6.06. The molecule has 0 aliphatic heterocycles. The highest BCUT2D eigenvalue weighted by Gasteiger charge is 2.28. The summed E-state index contributed by atoms with van der Waals surface area (Å²) in [5, 5.41) is 11.9. The lowest BCUT2D eigenvalue weighted by Crippen LogP contribution is -2.44. The molecule has 1 aromatic rings. The Labute approximate surface area is 124 Å². The number of amides is 1. The van der Waals surface area contributed by atoms with E-state index in [2.05, 4.69) is 22.4 Å². The first-order valence-electron chi connectivity index (χ1n) is 7.33. The maximum Gasteiger partial charge on any atom is 0.236 e. The molecule has 1 amide bonds. The van der Waals surface area contributed by atoms with Gasteiger partial charge in [0.05, 0.1) is 5.25 Å². The summed E-state index contributed by atoms with van der Waals surface area (Å²) in [6, 6.07) is 0.418. The van der Waals surface area contributed by atoms with Crippen LogP contribution in [0.25, 0.3) is 0 Å². The van der Waals surface area contributed by atoms with Gasteiger partial charge in [-0.3, -0.25) is 4.79 Å². The zero-order valence-corrected chi connectivity index (χ0v) is 13.3. The normalized spacial score (nSPS) is 17.9. The van der Waals surface area contributed by atoms with E-state index in [1.165, 1.54) is 31.0 Å². The van der Waals surface area contributed by atoms with E-state index in [1.807, 2.05) is 11.8 Å². The predicted octanol–water partition coefficient (Wildman–Crippen LogP) is 1.87. The average Bonchev–Trinajstić information content (AvgIpc) is 2.86. The fourth-order valence-corrected chi connectivity index (χ4v) is 3.57. The second kappa shape index (κ2) is 7.06. The van der Waals surface area contributed by atoms with Gasteiger partial charge in [-0.15, -0.1) is 5.10 Å². The third kappa shape index (κ3) is 3.50. The first-order valence-corrected chi connectivity index (χ1v) is 8.21. The Balaban J connectivity index is 1.98. The Morgan fingerprint density at radius 1 is 1.45 bits per heavy atom. The number of carbonyl (C=O) groups is 1. The van der Waals surface area contributed by atoms with Crippen molar-refractivity contribution in [2.45, 2.75) is 62.4 Å². The minimum absolute atomic E-state index is 0.151. The zero-order valence-electron chi connectivity index (χ0n) is 12.4. The number of hydrogen-bond donors (Lipinski definition) is 0. The Bertz CT molecular complexity index is 444. The summed E-state index contributed by atoms with van der Waals surface area (Å²) in [5.74, 6) is 0.201. The third-order valence-corrected chi connectivity index (χ3v) is 4.96. The molecule has 0 spiro atoms. The molecule has 0 unspecified atom stereocenters. The van der Waals surface area contributed by atoms with E-state index < -0.39 is 0 Å². The van der Waals surface area contributed by atoms with Crippen molar-refractivity contribution in [3.63, 3.8) is 0 Å². The van der Waals surface area contributed by atoms with Crippen LogP contribution in [0.5, 0.6) is 0 Å². The highest BCUT2D eigenvalue weighted by Crippen LogP contribution is 2.26. The molecule has 0 N–H and O–H groups in total. The monoisotopic (exact) mass is 297 g/mol. The lowest BCUT2D eigenvalue weighted by atomic mass is 9.94. The molecular formula is C13H23N5OS. The summed E-state index contributed by atoms with van der Waals surface area (Å²) in [5.41, 5.74) is 0. The molecule has 0 bridgehead atoms. The van der Waals surface area contributed by atoms with E-state index >= 15 is 0 Å². The summed E-state index contributed by atoms with van der Waals surface area (Å²) in [6.45, 7) is 4.78. The Hall–Kier alpha value is -1.11. The van der Waals surface area contributed by atoms with Gasteiger partial charge in [0.15, 0.2) is 0 Å². The van der Waals surface area contributed by atoms with Crippen LogP contribution in [-0.4, -0.2) is 48.9 Å². The zero-order chi connectivity index (χ0) is 14.5. The number of carbonyl (C=O) groups excluding carboxylic acids is 1. The van der Waals surface area contributed by atoms with Gasteiger partial charge in [0.1, 0.15) is 0 Å². The van der Waals surface area contributed by atoms with Crippen LogP contribution < -0.4 is 0 Å². The van der Waals surface area contributed by atoms with Gasteiger partial charge in [-0.2, -0.15) is 0 Å². The van der Waals surface area contributed by atoms with Gasteiger partial charge >= 0.3 is 0 Å². The molecule has 1 heterocycles. The van der Waals surface area contributed by atoms with Gasteiger partial charge in [-0.1, -0.05) is 31.0 Å². The largest absolute Gasteiger partial charge is 0.339 e.